The molecule has 310 valence electrons. The molecule has 5 aromatic rings. The van der Waals surface area contributed by atoms with Gasteiger partial charge in [0.05, 0.1) is 11.1 Å². The second kappa shape index (κ2) is 22.4. The molecule has 0 aromatic heterocycles. The van der Waals surface area contributed by atoms with Gasteiger partial charge in [0.1, 0.15) is 12.4 Å². The van der Waals surface area contributed by atoms with E-state index in [1.165, 1.54) is 41.0 Å². The van der Waals surface area contributed by atoms with Crippen LogP contribution in [0.2, 0.25) is 0 Å². The van der Waals surface area contributed by atoms with Gasteiger partial charge in [0.15, 0.2) is 0 Å². The number of hydrogen-bond acceptors (Lipinski definition) is 8. The lowest BCUT2D eigenvalue weighted by molar-refractivity contribution is -0.166. The Morgan fingerprint density at radius 3 is 1.53 bits per heavy atom. The Balaban J connectivity index is 0.000000262. The van der Waals surface area contributed by atoms with Crippen LogP contribution < -0.4 is 4.74 Å². The van der Waals surface area contributed by atoms with Gasteiger partial charge in [0, 0.05) is 28.0 Å². The minimum Gasteiger partial charge on any atom is -0.489 e. The first-order valence-corrected chi connectivity index (χ1v) is 20.2. The van der Waals surface area contributed by atoms with Crippen LogP contribution in [0.5, 0.6) is 5.75 Å². The smallest absolute Gasteiger partial charge is 0.349 e. The van der Waals surface area contributed by atoms with E-state index in [2.05, 4.69) is 121 Å². The number of benzene rings is 5. The molecule has 0 aliphatic heterocycles. The number of carbonyl (C=O) groups excluding carboxylic acids is 2. The third kappa shape index (κ3) is 13.9. The molecule has 0 fully saturated rings. The molecule has 0 radical (unpaired) electrons. The van der Waals surface area contributed by atoms with E-state index in [9.17, 15) is 29.4 Å². The summed E-state index contributed by atoms with van der Waals surface area (Å²) in [4.78, 5) is 49.9. The lowest BCUT2D eigenvalue weighted by Gasteiger charge is -2.32. The molecular weight excluding hydrogens is 814 g/mol. The van der Waals surface area contributed by atoms with Gasteiger partial charge in [-0.05, 0) is 108 Å². The van der Waals surface area contributed by atoms with Crippen molar-refractivity contribution >= 4 is 39.8 Å². The van der Waals surface area contributed by atoms with Gasteiger partial charge in [-0.2, -0.15) is 0 Å². The third-order valence-corrected chi connectivity index (χ3v) is 10.1. The van der Waals surface area contributed by atoms with Crippen molar-refractivity contribution in [3.8, 4) is 5.75 Å². The van der Waals surface area contributed by atoms with E-state index in [0.29, 0.717) is 18.7 Å². The van der Waals surface area contributed by atoms with E-state index in [0.717, 1.165) is 34.3 Å². The molecule has 0 amide bonds. The quantitative estimate of drug-likeness (QED) is 0.0869. The van der Waals surface area contributed by atoms with E-state index in [1.807, 2.05) is 6.07 Å². The Bertz CT molecular complexity index is 2040. The fraction of sp³-hybridized carbons (Fsp3) is 0.292. The molecule has 0 bridgehead atoms. The minimum absolute atomic E-state index is 0.0332. The van der Waals surface area contributed by atoms with Gasteiger partial charge >= 0.3 is 23.9 Å². The zero-order valence-electron chi connectivity index (χ0n) is 34.2. The highest BCUT2D eigenvalue weighted by Crippen LogP contribution is 2.37. The molecule has 0 saturated carbocycles. The molecular formula is C48H52BrNO9. The number of ether oxygens (including phenoxy) is 3. The Kier molecular flexibility index (Phi) is 17.4. The van der Waals surface area contributed by atoms with Gasteiger partial charge in [-0.3, -0.25) is 4.90 Å². The van der Waals surface area contributed by atoms with E-state index < -0.39 is 36.1 Å². The number of aliphatic carboxylic acids is 2. The average molecular weight is 867 g/mol. The number of carboxylic acids is 2. The highest BCUT2D eigenvalue weighted by molar-refractivity contribution is 9.10. The normalized spacial score (nSPS) is 12.5. The summed E-state index contributed by atoms with van der Waals surface area (Å²) in [6, 6.07) is 40.7. The van der Waals surface area contributed by atoms with Gasteiger partial charge in [-0.25, -0.2) is 19.2 Å². The van der Waals surface area contributed by atoms with Crippen molar-refractivity contribution in [2.24, 2.45) is 0 Å². The number of rotatable bonds is 17. The monoisotopic (exact) mass is 865 g/mol. The number of esters is 2. The number of carboxylic acid groups (broad SMARTS) is 2. The average Bonchev–Trinajstić information content (AvgIpc) is 3.21. The summed E-state index contributed by atoms with van der Waals surface area (Å²) >= 11 is 3.69. The fourth-order valence-corrected chi connectivity index (χ4v) is 6.84. The molecule has 3 atom stereocenters. The first-order valence-electron chi connectivity index (χ1n) is 19.4. The topological polar surface area (TPSA) is 140 Å². The van der Waals surface area contributed by atoms with Crippen LogP contribution in [0.1, 0.15) is 88.6 Å². The maximum absolute atomic E-state index is 12.2. The van der Waals surface area contributed by atoms with Crippen molar-refractivity contribution in [1.82, 2.24) is 4.90 Å². The highest BCUT2D eigenvalue weighted by Gasteiger charge is 2.41. The standard InChI is InChI=1S/C28H34BrNO.C20H18O8/c1-21(2)30(22(3)4)18-17-26(24-13-9-6-10-14-24)27-19-25(29)15-16-28(27)31-20-23-11-7-5-8-12-23;1-11-3-7-13(8-4-11)19(25)27-15(17(21)22)16(18(23)24)28-20(26)14-9-5-12(2)6-10-14/h5-16,19,21-22,26H,17-18,20H2,1-4H3;3-10,15-16H,1-2H3,(H,21,22)(H,23,24)/t26-;/m1./s1. The van der Waals surface area contributed by atoms with Crippen LogP contribution in [0.3, 0.4) is 0 Å². The second-order valence-corrected chi connectivity index (χ2v) is 15.6. The van der Waals surface area contributed by atoms with E-state index >= 15 is 0 Å². The van der Waals surface area contributed by atoms with Crippen LogP contribution in [-0.4, -0.2) is 69.8 Å². The lowest BCUT2D eigenvalue weighted by atomic mass is 9.87. The van der Waals surface area contributed by atoms with Crippen molar-refractivity contribution in [2.75, 3.05) is 6.54 Å². The summed E-state index contributed by atoms with van der Waals surface area (Å²) in [6.07, 6.45) is -3.40. The Morgan fingerprint density at radius 2 is 1.08 bits per heavy atom. The fourth-order valence-electron chi connectivity index (χ4n) is 6.47. The van der Waals surface area contributed by atoms with Crippen LogP contribution in [0.25, 0.3) is 0 Å². The zero-order valence-corrected chi connectivity index (χ0v) is 35.8. The number of aryl methyl sites for hydroxylation is 2. The number of nitrogens with zero attached hydrogens (tertiary/aromatic N) is 1. The van der Waals surface area contributed by atoms with Gasteiger partial charge < -0.3 is 24.4 Å². The van der Waals surface area contributed by atoms with Crippen LogP contribution >= 0.6 is 15.9 Å². The summed E-state index contributed by atoms with van der Waals surface area (Å²) < 4.78 is 17.1. The molecule has 2 N–H and O–H groups in total. The molecule has 5 rings (SSSR count). The molecule has 0 saturated heterocycles. The summed E-state index contributed by atoms with van der Waals surface area (Å²) in [5.41, 5.74) is 5.54. The minimum atomic E-state index is -2.22. The van der Waals surface area contributed by atoms with Crippen LogP contribution in [0, 0.1) is 13.8 Å². The van der Waals surface area contributed by atoms with E-state index in [1.54, 1.807) is 38.1 Å². The van der Waals surface area contributed by atoms with Gasteiger partial charge in [0.25, 0.3) is 0 Å². The summed E-state index contributed by atoms with van der Waals surface area (Å²) in [7, 11) is 0. The number of carbonyl (C=O) groups is 4. The van der Waals surface area contributed by atoms with E-state index in [4.69, 9.17) is 14.2 Å². The Morgan fingerprint density at radius 1 is 0.627 bits per heavy atom. The van der Waals surface area contributed by atoms with Crippen molar-refractivity contribution in [2.45, 2.75) is 84.8 Å². The molecule has 5 aromatic carbocycles. The summed E-state index contributed by atoms with van der Waals surface area (Å²) in [5.74, 6) is -4.39. The van der Waals surface area contributed by atoms with Crippen LogP contribution in [-0.2, 0) is 25.7 Å². The lowest BCUT2D eigenvalue weighted by Crippen LogP contribution is -2.45. The first-order chi connectivity index (χ1) is 28.1. The van der Waals surface area contributed by atoms with Crippen LogP contribution in [0.4, 0.5) is 0 Å². The number of hydrogen-bond donors (Lipinski definition) is 2. The maximum atomic E-state index is 12.2. The predicted molar refractivity (Wildman–Crippen MR) is 231 cm³/mol. The molecule has 2 unspecified atom stereocenters. The molecule has 0 spiro atoms. The second-order valence-electron chi connectivity index (χ2n) is 14.7. The van der Waals surface area contributed by atoms with E-state index in [-0.39, 0.29) is 17.0 Å². The maximum Gasteiger partial charge on any atom is 0.349 e. The van der Waals surface area contributed by atoms with Crippen molar-refractivity contribution in [1.29, 1.82) is 0 Å². The summed E-state index contributed by atoms with van der Waals surface area (Å²) in [6.45, 7) is 14.3. The first kappa shape index (κ1) is 45.9. The summed E-state index contributed by atoms with van der Waals surface area (Å²) in [5, 5.41) is 18.6. The molecule has 11 heteroatoms. The van der Waals surface area contributed by atoms with Crippen LogP contribution in [0.15, 0.2) is 132 Å². The zero-order chi connectivity index (χ0) is 43.1. The van der Waals surface area contributed by atoms with Crippen molar-refractivity contribution in [3.05, 3.63) is 171 Å². The molecule has 10 nitrogen and oxygen atoms in total. The predicted octanol–water partition coefficient (Wildman–Crippen LogP) is 9.89. The molecule has 0 aliphatic rings. The van der Waals surface area contributed by atoms with Gasteiger partial charge in [-0.15, -0.1) is 0 Å². The van der Waals surface area contributed by atoms with Crippen molar-refractivity contribution < 1.29 is 43.6 Å². The van der Waals surface area contributed by atoms with Gasteiger partial charge in [0.2, 0.25) is 12.2 Å². The number of halogens is 1. The Hall–Kier alpha value is -5.78. The van der Waals surface area contributed by atoms with Gasteiger partial charge in [-0.1, -0.05) is 112 Å². The third-order valence-electron chi connectivity index (χ3n) is 9.59. The molecule has 0 heterocycles. The van der Waals surface area contributed by atoms with Crippen molar-refractivity contribution in [3.63, 3.8) is 0 Å². The highest BCUT2D eigenvalue weighted by atomic mass is 79.9. The molecule has 59 heavy (non-hydrogen) atoms. The molecule has 0 aliphatic carbocycles. The SMILES string of the molecule is CC(C)N(CC[C@H](c1ccccc1)c1cc(Br)ccc1OCc1ccccc1)C(C)C.Cc1ccc(C(=O)OC(C(=O)O)C(OC(=O)c2ccc(C)cc2)C(=O)O)cc1. The Labute approximate surface area is 354 Å². The largest absolute Gasteiger partial charge is 0.489 e.